The number of nitrogens with zero attached hydrogens (tertiary/aromatic N) is 4. The van der Waals surface area contributed by atoms with Crippen LogP contribution < -0.4 is 9.64 Å². The van der Waals surface area contributed by atoms with Crippen molar-refractivity contribution in [3.63, 3.8) is 0 Å². The molecule has 1 saturated heterocycles. The van der Waals surface area contributed by atoms with Gasteiger partial charge in [0.05, 0.1) is 31.9 Å². The lowest BCUT2D eigenvalue weighted by Gasteiger charge is -2.45. The minimum atomic E-state index is -0.0676. The fourth-order valence-electron chi connectivity index (χ4n) is 6.12. The Bertz CT molecular complexity index is 1280. The number of benzene rings is 2. The minimum Gasteiger partial charge on any atom is -0.497 e. The molecule has 0 radical (unpaired) electrons. The summed E-state index contributed by atoms with van der Waals surface area (Å²) in [7, 11) is 3.09. The van der Waals surface area contributed by atoms with Crippen molar-refractivity contribution in [2.45, 2.75) is 49.0 Å². The molecule has 2 aliphatic heterocycles. The van der Waals surface area contributed by atoms with E-state index in [-0.39, 0.29) is 11.3 Å². The molecule has 3 aromatic rings. The van der Waals surface area contributed by atoms with Crippen LogP contribution in [0.5, 0.6) is 5.75 Å². The Kier molecular flexibility index (Phi) is 7.18. The standard InChI is InChI=1S/C29H34N4O4S/c1-35-24-12-10-23(11-13-24)33-26-25(27(30-33)38-37-36-2)14-19-32(28(26)34)22-8-6-21(7-9-22)29(15-5-16-29)20-31-17-3-4-18-31/h6-13H,3-5,14-20H2,1-2H3. The van der Waals surface area contributed by atoms with E-state index in [0.29, 0.717) is 23.7 Å². The number of hydrogen-bond donors (Lipinski definition) is 0. The van der Waals surface area contributed by atoms with E-state index in [2.05, 4.69) is 29.2 Å². The Balaban J connectivity index is 1.29. The van der Waals surface area contributed by atoms with Crippen molar-refractivity contribution in [1.29, 1.82) is 0 Å². The zero-order valence-electron chi connectivity index (χ0n) is 22.0. The van der Waals surface area contributed by atoms with Gasteiger partial charge in [0.15, 0.2) is 5.03 Å². The zero-order chi connectivity index (χ0) is 26.1. The molecule has 0 atom stereocenters. The second-order valence-corrected chi connectivity index (χ2v) is 11.1. The first-order valence-corrected chi connectivity index (χ1v) is 14.1. The number of carbonyl (C=O) groups excluding carboxylic acids is 1. The number of aromatic nitrogens is 2. The number of rotatable bonds is 9. The molecule has 1 aromatic heterocycles. The van der Waals surface area contributed by atoms with Gasteiger partial charge in [0, 0.05) is 29.8 Å². The van der Waals surface area contributed by atoms with Crippen LogP contribution in [0.25, 0.3) is 5.69 Å². The molecule has 3 aliphatic rings. The monoisotopic (exact) mass is 534 g/mol. The van der Waals surface area contributed by atoms with Gasteiger partial charge in [-0.3, -0.25) is 4.79 Å². The molecule has 1 aliphatic carbocycles. The third kappa shape index (κ3) is 4.62. The van der Waals surface area contributed by atoms with Crippen LogP contribution in [0.3, 0.4) is 0 Å². The Morgan fingerprint density at radius 1 is 0.921 bits per heavy atom. The molecule has 2 aromatic carbocycles. The number of ether oxygens (including phenoxy) is 1. The van der Waals surface area contributed by atoms with Gasteiger partial charge in [0.2, 0.25) is 0 Å². The molecule has 0 spiro atoms. The van der Waals surface area contributed by atoms with Crippen molar-refractivity contribution >= 4 is 23.6 Å². The van der Waals surface area contributed by atoms with Crippen molar-refractivity contribution in [2.24, 2.45) is 0 Å². The first-order valence-electron chi connectivity index (χ1n) is 13.4. The summed E-state index contributed by atoms with van der Waals surface area (Å²) in [5.41, 5.74) is 4.80. The van der Waals surface area contributed by atoms with Crippen molar-refractivity contribution in [3.05, 3.63) is 65.4 Å². The van der Waals surface area contributed by atoms with E-state index in [1.54, 1.807) is 11.8 Å². The molecule has 2 fully saturated rings. The molecule has 8 nitrogen and oxygen atoms in total. The van der Waals surface area contributed by atoms with Gasteiger partial charge >= 0.3 is 0 Å². The van der Waals surface area contributed by atoms with Crippen LogP contribution in [0.1, 0.15) is 53.7 Å². The van der Waals surface area contributed by atoms with Crippen LogP contribution in [0.4, 0.5) is 5.69 Å². The Morgan fingerprint density at radius 2 is 1.63 bits per heavy atom. The largest absolute Gasteiger partial charge is 0.497 e. The third-order valence-corrected chi connectivity index (χ3v) is 8.99. The molecule has 0 N–H and O–H groups in total. The highest BCUT2D eigenvalue weighted by molar-refractivity contribution is 7.94. The highest BCUT2D eigenvalue weighted by Crippen LogP contribution is 2.45. The maximum absolute atomic E-state index is 14.0. The lowest BCUT2D eigenvalue weighted by Crippen LogP contribution is -2.45. The van der Waals surface area contributed by atoms with Crippen LogP contribution in [0.2, 0.25) is 0 Å². The molecule has 0 bridgehead atoms. The maximum atomic E-state index is 14.0. The van der Waals surface area contributed by atoms with Gasteiger partial charge in [-0.1, -0.05) is 18.6 Å². The first-order chi connectivity index (χ1) is 18.6. The summed E-state index contributed by atoms with van der Waals surface area (Å²) in [6.45, 7) is 4.19. The predicted molar refractivity (Wildman–Crippen MR) is 147 cm³/mol. The summed E-state index contributed by atoms with van der Waals surface area (Å²) in [5.74, 6) is 0.677. The summed E-state index contributed by atoms with van der Waals surface area (Å²) in [4.78, 5) is 23.2. The van der Waals surface area contributed by atoms with Gasteiger partial charge in [-0.05, 0) is 87.2 Å². The number of carbonyl (C=O) groups is 1. The van der Waals surface area contributed by atoms with Crippen molar-refractivity contribution < 1.29 is 18.8 Å². The molecule has 1 saturated carbocycles. The van der Waals surface area contributed by atoms with Crippen LogP contribution in [-0.2, 0) is 21.1 Å². The molecule has 38 heavy (non-hydrogen) atoms. The van der Waals surface area contributed by atoms with Crippen LogP contribution in [0, 0.1) is 0 Å². The summed E-state index contributed by atoms with van der Waals surface area (Å²) in [5, 5.41) is 5.36. The minimum absolute atomic E-state index is 0.0676. The lowest BCUT2D eigenvalue weighted by molar-refractivity contribution is -0.160. The number of amides is 1. The second-order valence-electron chi connectivity index (χ2n) is 10.4. The van der Waals surface area contributed by atoms with Crippen molar-refractivity contribution in [3.8, 4) is 11.4 Å². The Morgan fingerprint density at radius 3 is 2.26 bits per heavy atom. The molecule has 9 heteroatoms. The number of hydrogen-bond acceptors (Lipinski definition) is 7. The smallest absolute Gasteiger partial charge is 0.277 e. The fourth-order valence-corrected chi connectivity index (χ4v) is 6.67. The van der Waals surface area contributed by atoms with Gasteiger partial charge in [0.25, 0.3) is 5.91 Å². The molecular weight excluding hydrogens is 500 g/mol. The van der Waals surface area contributed by atoms with E-state index in [4.69, 9.17) is 19.1 Å². The van der Waals surface area contributed by atoms with E-state index in [9.17, 15) is 4.79 Å². The number of likely N-dealkylation sites (tertiary alicyclic amines) is 1. The maximum Gasteiger partial charge on any atom is 0.277 e. The lowest BCUT2D eigenvalue weighted by atomic mass is 9.64. The quantitative estimate of drug-likeness (QED) is 0.213. The average molecular weight is 535 g/mol. The molecule has 3 heterocycles. The molecular formula is C29H34N4O4S. The number of fused-ring (bicyclic) bond motifs is 1. The third-order valence-electron chi connectivity index (χ3n) is 8.30. The normalized spacial score (nSPS) is 18.9. The van der Waals surface area contributed by atoms with Crippen LogP contribution in [-0.4, -0.2) is 61.0 Å². The Labute approximate surface area is 228 Å². The summed E-state index contributed by atoms with van der Waals surface area (Å²) in [6, 6.07) is 16.3. The second kappa shape index (κ2) is 10.7. The van der Waals surface area contributed by atoms with Gasteiger partial charge in [-0.25, -0.2) is 9.57 Å². The molecule has 6 rings (SSSR count). The SMILES string of the molecule is COOSc1nn(-c2ccc(OC)cc2)c2c1CCN(c1ccc(C3(CN4CCCC4)CCC3)cc1)C2=O. The predicted octanol–water partition coefficient (Wildman–Crippen LogP) is 5.19. The van der Waals surface area contributed by atoms with Gasteiger partial charge in [-0.2, -0.15) is 9.43 Å². The average Bonchev–Trinajstić information content (AvgIpc) is 3.58. The highest BCUT2D eigenvalue weighted by atomic mass is 32.2. The number of anilines is 1. The zero-order valence-corrected chi connectivity index (χ0v) is 22.8. The highest BCUT2D eigenvalue weighted by Gasteiger charge is 2.41. The first kappa shape index (κ1) is 25.4. The fraction of sp³-hybridized carbons (Fsp3) is 0.448. The van der Waals surface area contributed by atoms with Gasteiger partial charge in [-0.15, -0.1) is 0 Å². The summed E-state index contributed by atoms with van der Waals surface area (Å²) in [6.07, 6.45) is 7.11. The molecule has 200 valence electrons. The van der Waals surface area contributed by atoms with E-state index >= 15 is 0 Å². The summed E-state index contributed by atoms with van der Waals surface area (Å²) < 4.78 is 12.1. The van der Waals surface area contributed by atoms with E-state index in [1.807, 2.05) is 29.2 Å². The molecule has 0 unspecified atom stereocenters. The van der Waals surface area contributed by atoms with Crippen molar-refractivity contribution in [2.75, 3.05) is 45.3 Å². The molecule has 1 amide bonds. The van der Waals surface area contributed by atoms with Gasteiger partial charge < -0.3 is 14.5 Å². The summed E-state index contributed by atoms with van der Waals surface area (Å²) >= 11 is 1.03. The van der Waals surface area contributed by atoms with Gasteiger partial charge in [0.1, 0.15) is 11.4 Å². The van der Waals surface area contributed by atoms with Crippen LogP contribution >= 0.6 is 12.0 Å². The van der Waals surface area contributed by atoms with Crippen molar-refractivity contribution in [1.82, 2.24) is 14.7 Å². The van der Waals surface area contributed by atoms with E-state index < -0.39 is 0 Å². The van der Waals surface area contributed by atoms with E-state index in [0.717, 1.165) is 41.3 Å². The van der Waals surface area contributed by atoms with Crippen LogP contribution in [0.15, 0.2) is 53.6 Å². The Hall–Kier alpha value is -2.85. The van der Waals surface area contributed by atoms with E-state index in [1.165, 1.54) is 57.9 Å². The number of methoxy groups -OCH3 is 1. The topological polar surface area (TPSA) is 69.1 Å².